The maximum absolute atomic E-state index is 15.5. The van der Waals surface area contributed by atoms with Crippen molar-refractivity contribution in [1.29, 1.82) is 0 Å². The fourth-order valence-corrected chi connectivity index (χ4v) is 14.1. The summed E-state index contributed by atoms with van der Waals surface area (Å²) < 4.78 is 18.9. The van der Waals surface area contributed by atoms with Crippen LogP contribution in [0.5, 0.6) is 5.75 Å². The Bertz CT molecular complexity index is 2750. The molecule has 6 aliphatic rings. The summed E-state index contributed by atoms with van der Waals surface area (Å²) in [6.45, 7) is 9.09. The van der Waals surface area contributed by atoms with Gasteiger partial charge in [0.15, 0.2) is 0 Å². The number of aliphatic hydroxyl groups is 1. The molecule has 1 unspecified atom stereocenters. The van der Waals surface area contributed by atoms with Crippen LogP contribution in [0.25, 0.3) is 10.9 Å². The highest BCUT2D eigenvalue weighted by atomic mass is 16.6. The van der Waals surface area contributed by atoms with Crippen molar-refractivity contribution in [3.8, 4) is 5.75 Å². The number of anilines is 1. The minimum absolute atomic E-state index is 0.00599. The molecule has 10 rings (SSSR count). The van der Waals surface area contributed by atoms with Gasteiger partial charge in [0.05, 0.1) is 31.7 Å². The molecule has 1 aromatic heterocycles. The van der Waals surface area contributed by atoms with Gasteiger partial charge in [-0.05, 0) is 80.0 Å². The monoisotopic (exact) mass is 912 g/mol. The SMILES string of the molecule is CCC1=C[C@H]2CN(CCc3c([nH]c4ccccc34)[C@@](C(=O)OC)(c3cc4c(cc3OC)N(C)[C@H]3[C@@](O)(CNC(=O)c5ccc([N+](=O)[O-])cc5)[C@H](OC(C)=O)[C@]5(CC)C=CCN6CC[C@]43[C@@H]65)C2)C1. The molecule has 1 amide bonds. The number of aromatic nitrogens is 1. The summed E-state index contributed by atoms with van der Waals surface area (Å²) in [5.74, 6) is -1.02. The van der Waals surface area contributed by atoms with Crippen molar-refractivity contribution in [3.63, 3.8) is 0 Å². The zero-order valence-corrected chi connectivity index (χ0v) is 39.1. The van der Waals surface area contributed by atoms with E-state index in [1.165, 1.54) is 43.9 Å². The van der Waals surface area contributed by atoms with Crippen molar-refractivity contribution < 1.29 is 38.6 Å². The third-order valence-corrected chi connectivity index (χ3v) is 16.5. The minimum Gasteiger partial charge on any atom is -0.496 e. The number of para-hydroxylation sites is 1. The van der Waals surface area contributed by atoms with E-state index in [9.17, 15) is 24.8 Å². The second-order valence-electron chi connectivity index (χ2n) is 19.7. The first-order valence-corrected chi connectivity index (χ1v) is 23.6. The van der Waals surface area contributed by atoms with Crippen molar-refractivity contribution in [2.45, 2.75) is 87.5 Å². The van der Waals surface area contributed by atoms with Crippen molar-refractivity contribution in [2.75, 3.05) is 65.4 Å². The highest BCUT2D eigenvalue weighted by molar-refractivity contribution is 5.95. The molecule has 3 aromatic carbocycles. The molecule has 0 radical (unpaired) electrons. The molecule has 2 fully saturated rings. The average molecular weight is 913 g/mol. The lowest BCUT2D eigenvalue weighted by Gasteiger charge is -2.64. The minimum atomic E-state index is -1.91. The predicted molar refractivity (Wildman–Crippen MR) is 252 cm³/mol. The van der Waals surface area contributed by atoms with Crippen LogP contribution in [-0.4, -0.2) is 127 Å². The number of aromatic amines is 1. The van der Waals surface area contributed by atoms with Gasteiger partial charge in [-0.2, -0.15) is 0 Å². The molecule has 9 atom stereocenters. The molecule has 352 valence electrons. The highest BCUT2D eigenvalue weighted by Gasteiger charge is 2.78. The lowest BCUT2D eigenvalue weighted by molar-refractivity contribution is -0.384. The number of ether oxygens (including phenoxy) is 3. The maximum Gasteiger partial charge on any atom is 0.322 e. The number of esters is 2. The fraction of sp³-hybridized carbons (Fsp3) is 0.481. The quantitative estimate of drug-likeness (QED) is 0.0737. The number of methoxy groups -OCH3 is 2. The molecule has 1 aliphatic carbocycles. The molecule has 67 heavy (non-hydrogen) atoms. The Morgan fingerprint density at radius 2 is 1.81 bits per heavy atom. The van der Waals surface area contributed by atoms with Gasteiger partial charge in [-0.3, -0.25) is 34.3 Å². The van der Waals surface area contributed by atoms with Gasteiger partial charge in [0.25, 0.3) is 11.6 Å². The molecule has 1 spiro atoms. The average Bonchev–Trinajstić information content (AvgIpc) is 4.00. The third-order valence-electron chi connectivity index (χ3n) is 16.5. The number of H-pyrrole nitrogens is 1. The summed E-state index contributed by atoms with van der Waals surface area (Å²) in [5, 5.41) is 29.4. The Morgan fingerprint density at radius 1 is 1.03 bits per heavy atom. The number of hydrogen-bond acceptors (Lipinski definition) is 12. The molecule has 1 saturated carbocycles. The molecule has 6 heterocycles. The Morgan fingerprint density at radius 3 is 2.51 bits per heavy atom. The summed E-state index contributed by atoms with van der Waals surface area (Å²) in [5.41, 5.74) is 1.50. The maximum atomic E-state index is 15.5. The van der Waals surface area contributed by atoms with Crippen LogP contribution in [0.2, 0.25) is 0 Å². The number of nitro groups is 1. The highest BCUT2D eigenvalue weighted by Crippen LogP contribution is 2.68. The summed E-state index contributed by atoms with van der Waals surface area (Å²) in [7, 11) is 5.02. The number of nitro benzene ring substituents is 1. The Balaban J connectivity index is 1.21. The topological polar surface area (TPSA) is 180 Å². The number of likely N-dealkylation sites (N-methyl/N-ethyl adjacent to an activating group) is 1. The standard InChI is InChI=1S/C52H60N6O9/c1-7-32-24-33-27-51(48(61)66-6,43-37(18-22-56(28-32)29-33)36-12-9-10-13-40(36)54-43)39-25-38-41(26-42(39)65-5)55(4)46-50(38)20-23-57-21-11-19-49(8-2,45(50)57)47(67-31(3)59)52(46,62)30-53-44(60)34-14-16-35(17-15-34)58(63)64/h9-17,19,24-26,33,45-47,54,62H,7-8,18,20-23,27-30H2,1-6H3,(H,53,60)/t33-,45+,46-,47-,49-,50-,51+,52+/m1/s1. The van der Waals surface area contributed by atoms with Crippen molar-refractivity contribution in [1.82, 2.24) is 20.1 Å². The van der Waals surface area contributed by atoms with Crippen LogP contribution in [0.4, 0.5) is 11.4 Å². The van der Waals surface area contributed by atoms with E-state index in [2.05, 4.69) is 75.3 Å². The molecule has 2 bridgehead atoms. The van der Waals surface area contributed by atoms with Gasteiger partial charge in [0.1, 0.15) is 22.9 Å². The van der Waals surface area contributed by atoms with E-state index in [0.717, 1.165) is 59.5 Å². The first kappa shape index (κ1) is 44.8. The Labute approximate surface area is 390 Å². The molecule has 4 aromatic rings. The molecule has 15 nitrogen and oxygen atoms in total. The van der Waals surface area contributed by atoms with E-state index in [1.807, 2.05) is 25.2 Å². The van der Waals surface area contributed by atoms with Crippen LogP contribution in [0, 0.1) is 21.4 Å². The van der Waals surface area contributed by atoms with Crippen LogP contribution in [0.3, 0.4) is 0 Å². The number of non-ortho nitro benzene ring substituents is 1. The third kappa shape index (κ3) is 6.43. The number of rotatable bonds is 10. The van der Waals surface area contributed by atoms with Crippen LogP contribution in [0.15, 0.2) is 84.5 Å². The zero-order valence-electron chi connectivity index (χ0n) is 39.1. The van der Waals surface area contributed by atoms with E-state index in [0.29, 0.717) is 50.1 Å². The normalized spacial score (nSPS) is 31.5. The van der Waals surface area contributed by atoms with Gasteiger partial charge in [-0.25, -0.2) is 0 Å². The Kier molecular flexibility index (Phi) is 10.9. The second-order valence-corrected chi connectivity index (χ2v) is 19.7. The smallest absolute Gasteiger partial charge is 0.322 e. The fourth-order valence-electron chi connectivity index (χ4n) is 14.1. The number of amides is 1. The molecular formula is C52H60N6O9. The summed E-state index contributed by atoms with van der Waals surface area (Å²) in [6.07, 6.45) is 8.60. The summed E-state index contributed by atoms with van der Waals surface area (Å²) in [6, 6.07) is 16.7. The van der Waals surface area contributed by atoms with E-state index in [1.54, 1.807) is 7.11 Å². The number of fused-ring (bicyclic) bond motifs is 6. The summed E-state index contributed by atoms with van der Waals surface area (Å²) >= 11 is 0. The van der Waals surface area contributed by atoms with Gasteiger partial charge >= 0.3 is 11.9 Å². The van der Waals surface area contributed by atoms with E-state index in [4.69, 9.17) is 14.2 Å². The lowest BCUT2D eigenvalue weighted by Crippen LogP contribution is -2.81. The van der Waals surface area contributed by atoms with Gasteiger partial charge in [0.2, 0.25) is 0 Å². The van der Waals surface area contributed by atoms with Gasteiger partial charge < -0.3 is 34.5 Å². The number of carbonyl (C=O) groups excluding carboxylic acids is 3. The van der Waals surface area contributed by atoms with Crippen LogP contribution in [-0.2, 0) is 36.3 Å². The first-order chi connectivity index (χ1) is 32.2. The second kappa shape index (κ2) is 16.3. The number of hydrogen-bond donors (Lipinski definition) is 3. The molecule has 5 aliphatic heterocycles. The summed E-state index contributed by atoms with van der Waals surface area (Å²) in [4.78, 5) is 64.5. The van der Waals surface area contributed by atoms with E-state index in [-0.39, 0.29) is 29.8 Å². The predicted octanol–water partition coefficient (Wildman–Crippen LogP) is 5.96. The number of benzene rings is 3. The van der Waals surface area contributed by atoms with Crippen LogP contribution < -0.4 is 15.0 Å². The molecule has 1 saturated heterocycles. The molecule has 15 heteroatoms. The van der Waals surface area contributed by atoms with E-state index >= 15 is 4.79 Å². The van der Waals surface area contributed by atoms with Gasteiger partial charge in [-0.1, -0.05) is 55.8 Å². The van der Waals surface area contributed by atoms with Crippen LogP contribution >= 0.6 is 0 Å². The van der Waals surface area contributed by atoms with Crippen molar-refractivity contribution in [3.05, 3.63) is 123 Å². The largest absolute Gasteiger partial charge is 0.496 e. The molecular weight excluding hydrogens is 853 g/mol. The van der Waals surface area contributed by atoms with Gasteiger partial charge in [0, 0.05) is 109 Å². The molecule has 3 N–H and O–H groups in total. The van der Waals surface area contributed by atoms with Crippen molar-refractivity contribution in [2.24, 2.45) is 11.3 Å². The van der Waals surface area contributed by atoms with Gasteiger partial charge in [-0.15, -0.1) is 0 Å². The van der Waals surface area contributed by atoms with Crippen LogP contribution in [0.1, 0.15) is 79.2 Å². The lowest BCUT2D eigenvalue weighted by atomic mass is 9.47. The number of nitrogens with one attached hydrogen (secondary N) is 2. The Hall–Kier alpha value is -6.03. The number of carbonyl (C=O) groups is 3. The van der Waals surface area contributed by atoms with E-state index < -0.39 is 56.8 Å². The van der Waals surface area contributed by atoms with Crippen molar-refractivity contribution >= 4 is 40.1 Å². The number of nitrogens with zero attached hydrogens (tertiary/aromatic N) is 4. The first-order valence-electron chi connectivity index (χ1n) is 23.6. The zero-order chi connectivity index (χ0) is 47.2.